The third-order valence-electron chi connectivity index (χ3n) is 3.46. The molecule has 0 bridgehead atoms. The zero-order chi connectivity index (χ0) is 15.5. The summed E-state index contributed by atoms with van der Waals surface area (Å²) in [6.07, 6.45) is 2.14. The first-order valence-electron chi connectivity index (χ1n) is 6.96. The summed E-state index contributed by atoms with van der Waals surface area (Å²) in [4.78, 5) is 16.4. The van der Waals surface area contributed by atoms with Crippen molar-refractivity contribution in [1.29, 1.82) is 0 Å². The van der Waals surface area contributed by atoms with Crippen LogP contribution in [-0.4, -0.2) is 15.4 Å². The van der Waals surface area contributed by atoms with Crippen molar-refractivity contribution < 1.29 is 9.53 Å². The predicted octanol–water partition coefficient (Wildman–Crippen LogP) is 3.58. The Bertz CT molecular complexity index is 809. The Balaban J connectivity index is 1.67. The number of benzene rings is 1. The molecule has 5 heteroatoms. The van der Waals surface area contributed by atoms with Crippen LogP contribution in [0, 0.1) is 6.92 Å². The Hall–Kier alpha value is -2.33. The van der Waals surface area contributed by atoms with Crippen LogP contribution in [0.25, 0.3) is 5.65 Å². The van der Waals surface area contributed by atoms with Gasteiger partial charge in [0.25, 0.3) is 0 Å². The van der Waals surface area contributed by atoms with E-state index in [0.29, 0.717) is 5.02 Å². The number of esters is 1. The Morgan fingerprint density at radius 2 is 2.00 bits per heavy atom. The van der Waals surface area contributed by atoms with Crippen molar-refractivity contribution in [3.05, 3.63) is 70.6 Å². The fraction of sp³-hybridized carbons (Fsp3) is 0.176. The van der Waals surface area contributed by atoms with E-state index in [-0.39, 0.29) is 19.0 Å². The van der Waals surface area contributed by atoms with Crippen molar-refractivity contribution in [2.75, 3.05) is 0 Å². The number of hydrogen-bond acceptors (Lipinski definition) is 3. The molecule has 0 aliphatic heterocycles. The second-order valence-electron chi connectivity index (χ2n) is 5.04. The molecule has 2 heterocycles. The molecule has 112 valence electrons. The normalized spacial score (nSPS) is 10.8. The molecule has 0 atom stereocenters. The maximum atomic E-state index is 12.0. The van der Waals surface area contributed by atoms with Crippen molar-refractivity contribution in [3.63, 3.8) is 0 Å². The molecule has 22 heavy (non-hydrogen) atoms. The monoisotopic (exact) mass is 314 g/mol. The van der Waals surface area contributed by atoms with Crippen LogP contribution < -0.4 is 0 Å². The molecule has 0 N–H and O–H groups in total. The summed E-state index contributed by atoms with van der Waals surface area (Å²) >= 11 is 5.82. The molecule has 3 rings (SSSR count). The topological polar surface area (TPSA) is 43.6 Å². The van der Waals surface area contributed by atoms with Crippen molar-refractivity contribution in [3.8, 4) is 0 Å². The minimum atomic E-state index is -0.271. The lowest BCUT2D eigenvalue weighted by Crippen LogP contribution is -2.09. The van der Waals surface area contributed by atoms with Gasteiger partial charge in [-0.25, -0.2) is 4.98 Å². The van der Waals surface area contributed by atoms with Crippen molar-refractivity contribution in [2.45, 2.75) is 20.0 Å². The van der Waals surface area contributed by atoms with Crippen LogP contribution in [0.2, 0.25) is 5.02 Å². The average Bonchev–Trinajstić information content (AvgIpc) is 2.83. The van der Waals surface area contributed by atoms with Gasteiger partial charge in [0.1, 0.15) is 12.3 Å². The quantitative estimate of drug-likeness (QED) is 0.691. The summed E-state index contributed by atoms with van der Waals surface area (Å²) in [6, 6.07) is 12.9. The van der Waals surface area contributed by atoms with E-state index < -0.39 is 0 Å². The maximum absolute atomic E-state index is 12.0. The Kier molecular flexibility index (Phi) is 4.11. The second kappa shape index (κ2) is 6.20. The molecular weight excluding hydrogens is 300 g/mol. The van der Waals surface area contributed by atoms with Crippen LogP contribution >= 0.6 is 11.6 Å². The van der Waals surface area contributed by atoms with Gasteiger partial charge in [0.2, 0.25) is 0 Å². The van der Waals surface area contributed by atoms with Crippen LogP contribution in [0.3, 0.4) is 0 Å². The van der Waals surface area contributed by atoms with Gasteiger partial charge in [-0.3, -0.25) is 4.79 Å². The van der Waals surface area contributed by atoms with Crippen LogP contribution in [0.5, 0.6) is 0 Å². The summed E-state index contributed by atoms with van der Waals surface area (Å²) in [6.45, 7) is 2.12. The van der Waals surface area contributed by atoms with Crippen molar-refractivity contribution >= 4 is 23.2 Å². The number of imidazole rings is 1. The van der Waals surface area contributed by atoms with Gasteiger partial charge in [-0.1, -0.05) is 29.8 Å². The lowest BCUT2D eigenvalue weighted by atomic mass is 10.1. The molecule has 0 unspecified atom stereocenters. The van der Waals surface area contributed by atoms with E-state index in [1.165, 1.54) is 0 Å². The molecule has 2 aromatic heterocycles. The van der Waals surface area contributed by atoms with Gasteiger partial charge in [-0.2, -0.15) is 0 Å². The highest BCUT2D eigenvalue weighted by Crippen LogP contribution is 2.14. The van der Waals surface area contributed by atoms with E-state index in [1.807, 2.05) is 47.9 Å². The molecular formula is C17H15ClN2O2. The van der Waals surface area contributed by atoms with E-state index in [0.717, 1.165) is 22.6 Å². The van der Waals surface area contributed by atoms with E-state index in [2.05, 4.69) is 4.98 Å². The number of carbonyl (C=O) groups is 1. The highest BCUT2D eigenvalue weighted by Gasteiger charge is 2.11. The zero-order valence-corrected chi connectivity index (χ0v) is 12.9. The van der Waals surface area contributed by atoms with Crippen molar-refractivity contribution in [1.82, 2.24) is 9.38 Å². The minimum Gasteiger partial charge on any atom is -0.459 e. The zero-order valence-electron chi connectivity index (χ0n) is 12.1. The molecule has 0 radical (unpaired) electrons. The molecule has 0 spiro atoms. The summed E-state index contributed by atoms with van der Waals surface area (Å²) in [5.74, 6) is -0.271. The van der Waals surface area contributed by atoms with E-state index in [4.69, 9.17) is 16.3 Å². The molecule has 3 aromatic rings. The summed E-state index contributed by atoms with van der Waals surface area (Å²) in [7, 11) is 0. The third kappa shape index (κ3) is 3.12. The first-order valence-corrected chi connectivity index (χ1v) is 7.34. The number of aromatic nitrogens is 2. The molecule has 1 aromatic carbocycles. The first-order chi connectivity index (χ1) is 10.6. The van der Waals surface area contributed by atoms with Crippen molar-refractivity contribution in [2.24, 2.45) is 0 Å². The first kappa shape index (κ1) is 14.6. The van der Waals surface area contributed by atoms with E-state index in [9.17, 15) is 4.79 Å². The van der Waals surface area contributed by atoms with Crippen LogP contribution in [0.1, 0.15) is 17.0 Å². The number of ether oxygens (including phenoxy) is 1. The van der Waals surface area contributed by atoms with Gasteiger partial charge < -0.3 is 9.14 Å². The molecule has 0 aliphatic rings. The number of rotatable bonds is 4. The predicted molar refractivity (Wildman–Crippen MR) is 84.9 cm³/mol. The number of carbonyl (C=O) groups excluding carboxylic acids is 1. The largest absolute Gasteiger partial charge is 0.459 e. The smallest absolute Gasteiger partial charge is 0.310 e. The highest BCUT2D eigenvalue weighted by atomic mass is 35.5. The van der Waals surface area contributed by atoms with Gasteiger partial charge in [-0.15, -0.1) is 0 Å². The average molecular weight is 315 g/mol. The maximum Gasteiger partial charge on any atom is 0.310 e. The second-order valence-corrected chi connectivity index (χ2v) is 5.47. The number of aryl methyl sites for hydroxylation is 1. The Morgan fingerprint density at radius 1 is 1.23 bits per heavy atom. The van der Waals surface area contributed by atoms with Crippen LogP contribution in [0.15, 0.2) is 48.7 Å². The Labute approximate surface area is 133 Å². The SMILES string of the molecule is Cc1nc2ccccn2c1COC(=O)Cc1ccc(Cl)cc1. The van der Waals surface area contributed by atoms with Crippen LogP contribution in [-0.2, 0) is 22.6 Å². The minimum absolute atomic E-state index is 0.212. The fourth-order valence-electron chi connectivity index (χ4n) is 2.31. The van der Waals surface area contributed by atoms with E-state index in [1.54, 1.807) is 12.1 Å². The summed E-state index contributed by atoms with van der Waals surface area (Å²) in [5, 5.41) is 0.651. The lowest BCUT2D eigenvalue weighted by Gasteiger charge is -2.06. The van der Waals surface area contributed by atoms with Gasteiger partial charge in [-0.05, 0) is 36.8 Å². The number of fused-ring (bicyclic) bond motifs is 1. The number of hydrogen-bond donors (Lipinski definition) is 0. The van der Waals surface area contributed by atoms with Gasteiger partial charge in [0.15, 0.2) is 0 Å². The van der Waals surface area contributed by atoms with Gasteiger partial charge in [0, 0.05) is 11.2 Å². The standard InChI is InChI=1S/C17H15ClN2O2/c1-12-15(20-9-3-2-4-16(20)19-12)11-22-17(21)10-13-5-7-14(18)8-6-13/h2-9H,10-11H2,1H3. The molecule has 0 aliphatic carbocycles. The number of nitrogens with zero attached hydrogens (tertiary/aromatic N) is 2. The van der Waals surface area contributed by atoms with Crippen LogP contribution in [0.4, 0.5) is 0 Å². The molecule has 0 saturated carbocycles. The fourth-order valence-corrected chi connectivity index (χ4v) is 2.43. The molecule has 4 nitrogen and oxygen atoms in total. The van der Waals surface area contributed by atoms with Gasteiger partial charge in [0.05, 0.1) is 17.8 Å². The van der Waals surface area contributed by atoms with Gasteiger partial charge >= 0.3 is 5.97 Å². The summed E-state index contributed by atoms with van der Waals surface area (Å²) < 4.78 is 7.31. The Morgan fingerprint density at radius 3 is 2.77 bits per heavy atom. The lowest BCUT2D eigenvalue weighted by molar-refractivity contribution is -0.144. The molecule has 0 amide bonds. The van der Waals surface area contributed by atoms with E-state index >= 15 is 0 Å². The third-order valence-corrected chi connectivity index (χ3v) is 3.71. The number of halogens is 1. The summed E-state index contributed by atoms with van der Waals surface area (Å²) in [5.41, 5.74) is 3.48. The number of pyridine rings is 1. The molecule has 0 saturated heterocycles. The highest BCUT2D eigenvalue weighted by molar-refractivity contribution is 6.30. The molecule has 0 fully saturated rings.